The summed E-state index contributed by atoms with van der Waals surface area (Å²) in [5, 5.41) is 13.1. The number of nitrogens with one attached hydrogen (secondary N) is 1. The minimum absolute atomic E-state index is 0.157. The van der Waals surface area contributed by atoms with Gasteiger partial charge >= 0.3 is 5.97 Å². The lowest BCUT2D eigenvalue weighted by atomic mass is 9.90. The Kier molecular flexibility index (Phi) is 7.02. The number of ketones is 1. The Hall–Kier alpha value is -3.55. The van der Waals surface area contributed by atoms with Crippen LogP contribution in [0.5, 0.6) is 0 Å². The van der Waals surface area contributed by atoms with Gasteiger partial charge in [-0.3, -0.25) is 23.7 Å². The molecule has 1 aromatic heterocycles. The predicted molar refractivity (Wildman–Crippen MR) is 118 cm³/mol. The summed E-state index contributed by atoms with van der Waals surface area (Å²) in [6.07, 6.45) is -0.879. The smallest absolute Gasteiger partial charge is 0.305 e. The molecule has 168 valence electrons. The van der Waals surface area contributed by atoms with Gasteiger partial charge in [0.2, 0.25) is 11.8 Å². The number of Topliss-reactive ketones (excluding diaryl/α,β-unsaturated/α-hetero) is 1. The summed E-state index contributed by atoms with van der Waals surface area (Å²) >= 11 is 0. The monoisotopic (exact) mass is 440 g/mol. The lowest BCUT2D eigenvalue weighted by molar-refractivity contribution is -0.140. The number of fused-ring (bicyclic) bond motifs is 3. The second-order valence-electron chi connectivity index (χ2n) is 8.08. The first-order valence-corrected chi connectivity index (χ1v) is 10.4. The van der Waals surface area contributed by atoms with Crippen molar-refractivity contribution in [3.05, 3.63) is 48.5 Å². The van der Waals surface area contributed by atoms with Crippen molar-refractivity contribution in [2.24, 2.45) is 11.8 Å². The van der Waals surface area contributed by atoms with Crippen molar-refractivity contribution in [3.63, 3.8) is 0 Å². The zero-order chi connectivity index (χ0) is 23.4. The maximum absolute atomic E-state index is 13.4. The van der Waals surface area contributed by atoms with Crippen molar-refractivity contribution >= 4 is 45.4 Å². The molecule has 7 nitrogen and oxygen atoms in total. The Morgan fingerprint density at radius 1 is 0.938 bits per heavy atom. The molecule has 2 aromatic carbocycles. The third-order valence-corrected chi connectivity index (χ3v) is 5.58. The van der Waals surface area contributed by atoms with Gasteiger partial charge < -0.3 is 10.4 Å². The zero-order valence-corrected chi connectivity index (χ0v) is 17.9. The molecule has 0 bridgehead atoms. The van der Waals surface area contributed by atoms with Crippen LogP contribution in [0.3, 0.4) is 0 Å². The number of hydrogen-bond acceptors (Lipinski definition) is 4. The van der Waals surface area contributed by atoms with E-state index in [-0.39, 0.29) is 18.2 Å². The minimum Gasteiger partial charge on any atom is -0.481 e. The molecule has 0 fully saturated rings. The van der Waals surface area contributed by atoms with Crippen LogP contribution in [0.25, 0.3) is 21.8 Å². The molecule has 0 aliphatic carbocycles. The molecule has 0 unspecified atom stereocenters. The van der Waals surface area contributed by atoms with Crippen molar-refractivity contribution in [2.45, 2.75) is 32.7 Å². The number of amides is 1. The van der Waals surface area contributed by atoms with Crippen LogP contribution in [0.4, 0.5) is 4.39 Å². The van der Waals surface area contributed by atoms with Crippen molar-refractivity contribution in [2.75, 3.05) is 6.67 Å². The van der Waals surface area contributed by atoms with Crippen molar-refractivity contribution in [3.8, 4) is 0 Å². The molecule has 0 saturated carbocycles. The van der Waals surface area contributed by atoms with Crippen molar-refractivity contribution < 1.29 is 28.7 Å². The van der Waals surface area contributed by atoms with E-state index in [1.54, 1.807) is 18.4 Å². The van der Waals surface area contributed by atoms with Gasteiger partial charge in [-0.25, -0.2) is 4.39 Å². The van der Waals surface area contributed by atoms with E-state index in [0.717, 1.165) is 21.8 Å². The van der Waals surface area contributed by atoms with E-state index in [1.165, 1.54) is 0 Å². The number of carboxylic acids is 1. The van der Waals surface area contributed by atoms with Crippen LogP contribution < -0.4 is 5.32 Å². The third-order valence-electron chi connectivity index (χ3n) is 5.58. The van der Waals surface area contributed by atoms with E-state index in [1.807, 2.05) is 48.5 Å². The number of alkyl halides is 1. The molecule has 0 radical (unpaired) electrons. The number of nitrogens with zero attached hydrogens (tertiary/aromatic N) is 1. The molecular weight excluding hydrogens is 415 g/mol. The maximum atomic E-state index is 13.4. The van der Waals surface area contributed by atoms with Crippen LogP contribution in [0, 0.1) is 11.8 Å². The lowest BCUT2D eigenvalue weighted by Gasteiger charge is -2.23. The molecule has 3 aromatic rings. The van der Waals surface area contributed by atoms with Gasteiger partial charge in [-0.1, -0.05) is 50.2 Å². The van der Waals surface area contributed by atoms with Gasteiger partial charge in [-0.2, -0.15) is 0 Å². The number of hydrogen-bond donors (Lipinski definition) is 2. The molecule has 0 spiro atoms. The molecule has 0 aliphatic heterocycles. The van der Waals surface area contributed by atoms with Gasteiger partial charge in [0, 0.05) is 23.1 Å². The van der Waals surface area contributed by atoms with Crippen LogP contribution in [-0.4, -0.2) is 46.0 Å². The van der Waals surface area contributed by atoms with Crippen LogP contribution in [0.2, 0.25) is 0 Å². The van der Waals surface area contributed by atoms with Gasteiger partial charge in [-0.15, -0.1) is 0 Å². The van der Waals surface area contributed by atoms with Gasteiger partial charge in [-0.05, 0) is 18.1 Å². The average Bonchev–Trinajstić information content (AvgIpc) is 3.10. The fourth-order valence-corrected chi connectivity index (χ4v) is 3.89. The Balaban J connectivity index is 1.91. The highest BCUT2D eigenvalue weighted by Crippen LogP contribution is 2.30. The summed E-state index contributed by atoms with van der Waals surface area (Å²) in [4.78, 5) is 49.0. The van der Waals surface area contributed by atoms with E-state index in [9.17, 15) is 23.6 Å². The summed E-state index contributed by atoms with van der Waals surface area (Å²) in [6, 6.07) is 13.5. The first kappa shape index (κ1) is 23.1. The summed E-state index contributed by atoms with van der Waals surface area (Å²) in [5.74, 6) is -4.41. The quantitative estimate of drug-likeness (QED) is 0.529. The summed E-state index contributed by atoms with van der Waals surface area (Å²) < 4.78 is 14.4. The lowest BCUT2D eigenvalue weighted by Crippen LogP contribution is -2.47. The number of carboxylic acid groups (broad SMARTS) is 1. The molecule has 8 heteroatoms. The molecule has 1 heterocycles. The summed E-state index contributed by atoms with van der Waals surface area (Å²) in [5.41, 5.74) is 1.44. The number of carbonyl (C=O) groups excluding carboxylic acids is 3. The highest BCUT2D eigenvalue weighted by atomic mass is 19.1. The Morgan fingerprint density at radius 2 is 1.47 bits per heavy atom. The Bertz CT molecular complexity index is 1130. The fraction of sp³-hybridized carbons (Fsp3) is 0.333. The van der Waals surface area contributed by atoms with Crippen molar-refractivity contribution in [1.29, 1.82) is 0 Å². The molecule has 32 heavy (non-hydrogen) atoms. The second kappa shape index (κ2) is 9.72. The number of halogens is 1. The number of aromatic nitrogens is 1. The molecule has 2 N–H and O–H groups in total. The summed E-state index contributed by atoms with van der Waals surface area (Å²) in [6.45, 7) is 2.13. The second-order valence-corrected chi connectivity index (χ2v) is 8.08. The highest BCUT2D eigenvalue weighted by Gasteiger charge is 2.31. The number of para-hydroxylation sites is 2. The first-order chi connectivity index (χ1) is 15.2. The fourth-order valence-electron chi connectivity index (χ4n) is 3.89. The van der Waals surface area contributed by atoms with Crippen LogP contribution >= 0.6 is 0 Å². The van der Waals surface area contributed by atoms with Crippen LogP contribution in [0.15, 0.2) is 48.5 Å². The normalized spacial score (nSPS) is 13.2. The maximum Gasteiger partial charge on any atom is 0.305 e. The average molecular weight is 440 g/mol. The van der Waals surface area contributed by atoms with Gasteiger partial charge in [0.1, 0.15) is 12.7 Å². The Morgan fingerprint density at radius 3 is 1.94 bits per heavy atom. The third kappa shape index (κ3) is 4.69. The zero-order valence-electron chi connectivity index (χ0n) is 17.9. The standard InChI is InChI=1S/C24H25FN2O5/c1-14(2)17(24(32)26-18(12-23(30)31)21(28)13-25)11-22(29)27-19-9-5-3-7-15(19)16-8-4-6-10-20(16)27/h3-10,14,17-18H,11-13H2,1-2H3,(H,26,32)(H,30,31)/t17-,18-/m0/s1. The number of benzene rings is 2. The highest BCUT2D eigenvalue weighted by molar-refractivity contribution is 6.13. The number of rotatable bonds is 9. The van der Waals surface area contributed by atoms with E-state index < -0.39 is 42.7 Å². The SMILES string of the molecule is CC(C)[C@H](CC(=O)n1c2ccccc2c2ccccc21)C(=O)N[C@@H](CC(=O)O)C(=O)CF. The Labute approximate surface area is 184 Å². The first-order valence-electron chi connectivity index (χ1n) is 10.4. The largest absolute Gasteiger partial charge is 0.481 e. The molecule has 1 amide bonds. The summed E-state index contributed by atoms with van der Waals surface area (Å²) in [7, 11) is 0. The molecule has 3 rings (SSSR count). The van der Waals surface area contributed by atoms with E-state index in [4.69, 9.17) is 5.11 Å². The van der Waals surface area contributed by atoms with E-state index >= 15 is 0 Å². The van der Waals surface area contributed by atoms with E-state index in [0.29, 0.717) is 0 Å². The van der Waals surface area contributed by atoms with Crippen LogP contribution in [-0.2, 0) is 14.4 Å². The van der Waals surface area contributed by atoms with Gasteiger partial charge in [0.15, 0.2) is 5.78 Å². The number of carbonyl (C=O) groups is 4. The molecule has 0 saturated heterocycles. The molecular formula is C24H25FN2O5. The minimum atomic E-state index is -1.48. The van der Waals surface area contributed by atoms with Gasteiger partial charge in [0.25, 0.3) is 0 Å². The van der Waals surface area contributed by atoms with Gasteiger partial charge in [0.05, 0.1) is 17.5 Å². The van der Waals surface area contributed by atoms with Crippen molar-refractivity contribution in [1.82, 2.24) is 9.88 Å². The number of aliphatic carboxylic acids is 1. The molecule has 0 aliphatic rings. The molecule has 2 atom stereocenters. The topological polar surface area (TPSA) is 105 Å². The van der Waals surface area contributed by atoms with E-state index in [2.05, 4.69) is 5.32 Å². The predicted octanol–water partition coefficient (Wildman–Crippen LogP) is 3.60. The van der Waals surface area contributed by atoms with Crippen LogP contribution in [0.1, 0.15) is 31.5 Å².